The zero-order valence-corrected chi connectivity index (χ0v) is 12.0. The van der Waals surface area contributed by atoms with Gasteiger partial charge in [0.25, 0.3) is 0 Å². The molecule has 0 amide bonds. The maximum atomic E-state index is 12.5. The molecule has 1 nitrogen and oxygen atoms in total. The van der Waals surface area contributed by atoms with Gasteiger partial charge in [-0.1, -0.05) is 13.0 Å². The average molecular weight is 256 g/mol. The number of rotatable bonds is 4. The molecule has 16 heavy (non-hydrogen) atoms. The highest BCUT2D eigenvalue weighted by atomic mass is 32.2. The maximum Gasteiger partial charge on any atom is 0.166 e. The molecule has 90 valence electrons. The van der Waals surface area contributed by atoms with Gasteiger partial charge in [-0.25, -0.2) is 0 Å². The molecular weight excluding hydrogens is 236 g/mol. The minimum Gasteiger partial charge on any atom is -0.294 e. The number of carbonyl (C=O) groups is 1. The van der Waals surface area contributed by atoms with E-state index in [-0.39, 0.29) is 5.41 Å². The molecule has 0 aromatic carbocycles. The minimum atomic E-state index is -0.202. The number of allylic oxidation sites excluding steroid dienone is 2. The Labute approximate surface area is 107 Å². The summed E-state index contributed by atoms with van der Waals surface area (Å²) in [4.78, 5) is 12.5. The fourth-order valence-corrected chi connectivity index (χ4v) is 3.83. The molecule has 0 spiro atoms. The van der Waals surface area contributed by atoms with Crippen molar-refractivity contribution in [1.82, 2.24) is 0 Å². The van der Waals surface area contributed by atoms with Gasteiger partial charge in [0.2, 0.25) is 0 Å². The monoisotopic (exact) mass is 256 g/mol. The van der Waals surface area contributed by atoms with E-state index in [9.17, 15) is 4.79 Å². The molecule has 0 bridgehead atoms. The molecule has 1 atom stereocenters. The van der Waals surface area contributed by atoms with Crippen LogP contribution in [-0.4, -0.2) is 18.3 Å². The van der Waals surface area contributed by atoms with Gasteiger partial charge < -0.3 is 0 Å². The third-order valence-corrected chi connectivity index (χ3v) is 5.42. The Kier molecular flexibility index (Phi) is 5.19. The fourth-order valence-electron chi connectivity index (χ4n) is 2.28. The van der Waals surface area contributed by atoms with Gasteiger partial charge in [-0.05, 0) is 38.2 Å². The number of thioether (sulfide) groups is 2. The third kappa shape index (κ3) is 2.75. The van der Waals surface area contributed by atoms with Crippen molar-refractivity contribution >= 4 is 29.3 Å². The van der Waals surface area contributed by atoms with Gasteiger partial charge in [-0.2, -0.15) is 0 Å². The molecule has 0 radical (unpaired) electrons. The summed E-state index contributed by atoms with van der Waals surface area (Å²) in [5, 5.41) is 0. The van der Waals surface area contributed by atoms with E-state index in [2.05, 4.69) is 13.5 Å². The largest absolute Gasteiger partial charge is 0.294 e. The second-order valence-corrected chi connectivity index (χ2v) is 6.30. The highest BCUT2D eigenvalue weighted by Gasteiger charge is 2.37. The molecule has 0 unspecified atom stereocenters. The first-order valence-corrected chi connectivity index (χ1v) is 8.01. The van der Waals surface area contributed by atoms with Crippen LogP contribution in [0.25, 0.3) is 0 Å². The highest BCUT2D eigenvalue weighted by Crippen LogP contribution is 2.43. The molecule has 0 saturated heterocycles. The zero-order valence-electron chi connectivity index (χ0n) is 10.3. The lowest BCUT2D eigenvalue weighted by molar-refractivity contribution is -0.125. The molecule has 0 aromatic heterocycles. The third-order valence-electron chi connectivity index (χ3n) is 3.19. The van der Waals surface area contributed by atoms with Crippen molar-refractivity contribution in [1.29, 1.82) is 0 Å². The van der Waals surface area contributed by atoms with Gasteiger partial charge in [-0.15, -0.1) is 30.1 Å². The normalized spacial score (nSPS) is 25.7. The highest BCUT2D eigenvalue weighted by molar-refractivity contribution is 8.21. The molecule has 3 heteroatoms. The Morgan fingerprint density at radius 2 is 2.12 bits per heavy atom. The van der Waals surface area contributed by atoms with E-state index >= 15 is 0 Å². The minimum absolute atomic E-state index is 0.202. The second kappa shape index (κ2) is 5.97. The van der Waals surface area contributed by atoms with Crippen LogP contribution in [0.5, 0.6) is 0 Å². The maximum absolute atomic E-state index is 12.5. The van der Waals surface area contributed by atoms with Crippen molar-refractivity contribution in [3.8, 4) is 0 Å². The Hall–Kier alpha value is -0.150. The molecule has 1 saturated carbocycles. The summed E-state index contributed by atoms with van der Waals surface area (Å²) in [5.41, 5.74) is 0.849. The molecular formula is C13H20OS2. The van der Waals surface area contributed by atoms with Crippen LogP contribution in [0.4, 0.5) is 0 Å². The van der Waals surface area contributed by atoms with Crippen molar-refractivity contribution in [3.63, 3.8) is 0 Å². The topological polar surface area (TPSA) is 17.1 Å². The number of ketones is 1. The number of carbonyl (C=O) groups excluding carboxylic acids is 1. The van der Waals surface area contributed by atoms with Crippen molar-refractivity contribution in [2.24, 2.45) is 5.41 Å². The van der Waals surface area contributed by atoms with Gasteiger partial charge in [0.15, 0.2) is 5.78 Å². The quantitative estimate of drug-likeness (QED) is 0.552. The Balaban J connectivity index is 3.03. The van der Waals surface area contributed by atoms with Crippen molar-refractivity contribution in [3.05, 3.63) is 22.5 Å². The van der Waals surface area contributed by atoms with E-state index in [4.69, 9.17) is 0 Å². The number of hydrogen-bond acceptors (Lipinski definition) is 3. The molecule has 1 aliphatic carbocycles. The van der Waals surface area contributed by atoms with Crippen molar-refractivity contribution in [2.45, 2.75) is 32.6 Å². The number of Topliss-reactive ketones (excluding diaryl/α,β-unsaturated/α-hetero) is 1. The van der Waals surface area contributed by atoms with Crippen LogP contribution in [0, 0.1) is 5.41 Å². The second-order valence-electron chi connectivity index (χ2n) is 4.41. The summed E-state index contributed by atoms with van der Waals surface area (Å²) < 4.78 is 1.19. The fraction of sp³-hybridized carbons (Fsp3) is 0.615. The first-order valence-electron chi connectivity index (χ1n) is 5.56. The lowest BCUT2D eigenvalue weighted by Gasteiger charge is -2.33. The standard InChI is InChI=1S/C13H20OS2/c1-5-8-13(2)9-6-7-10(11(13)14)12(15-3)16-4/h5H,1,6-9H2,2-4H3/t13-/m0/s1. The van der Waals surface area contributed by atoms with Crippen LogP contribution in [0.15, 0.2) is 22.5 Å². The predicted molar refractivity (Wildman–Crippen MR) is 75.8 cm³/mol. The van der Waals surface area contributed by atoms with Crippen LogP contribution >= 0.6 is 23.5 Å². The molecule has 0 aromatic rings. The first-order chi connectivity index (χ1) is 7.59. The smallest absolute Gasteiger partial charge is 0.166 e. The van der Waals surface area contributed by atoms with Crippen LogP contribution in [0.2, 0.25) is 0 Å². The van der Waals surface area contributed by atoms with Gasteiger partial charge in [0, 0.05) is 15.2 Å². The van der Waals surface area contributed by atoms with E-state index in [1.54, 1.807) is 23.5 Å². The summed E-state index contributed by atoms with van der Waals surface area (Å²) in [5.74, 6) is 0.345. The Bertz CT molecular complexity index is 314. The van der Waals surface area contributed by atoms with Crippen LogP contribution in [-0.2, 0) is 4.79 Å². The van der Waals surface area contributed by atoms with Gasteiger partial charge in [0.05, 0.1) is 0 Å². The van der Waals surface area contributed by atoms with E-state index < -0.39 is 0 Å². The van der Waals surface area contributed by atoms with E-state index in [0.29, 0.717) is 5.78 Å². The molecule has 0 N–H and O–H groups in total. The lowest BCUT2D eigenvalue weighted by Crippen LogP contribution is -2.32. The summed E-state index contributed by atoms with van der Waals surface area (Å²) in [7, 11) is 0. The van der Waals surface area contributed by atoms with Crippen molar-refractivity contribution < 1.29 is 4.79 Å². The zero-order chi connectivity index (χ0) is 12.2. The summed E-state index contributed by atoms with van der Waals surface area (Å²) in [6.45, 7) is 5.84. The molecule has 1 fully saturated rings. The van der Waals surface area contributed by atoms with E-state index in [1.165, 1.54) is 4.24 Å². The van der Waals surface area contributed by atoms with Crippen LogP contribution < -0.4 is 0 Å². The molecule has 1 aliphatic rings. The number of hydrogen-bond donors (Lipinski definition) is 0. The SMILES string of the molecule is C=CC[C@@]1(C)CCCC(=C(SC)SC)C1=O. The predicted octanol–water partition coefficient (Wildman–Crippen LogP) is 4.26. The van der Waals surface area contributed by atoms with E-state index in [1.807, 2.05) is 18.6 Å². The Morgan fingerprint density at radius 1 is 1.50 bits per heavy atom. The summed E-state index contributed by atoms with van der Waals surface area (Å²) in [6.07, 6.45) is 9.83. The first kappa shape index (κ1) is 13.9. The molecule has 0 aliphatic heterocycles. The summed E-state index contributed by atoms with van der Waals surface area (Å²) >= 11 is 3.39. The van der Waals surface area contributed by atoms with Crippen LogP contribution in [0.1, 0.15) is 32.6 Å². The van der Waals surface area contributed by atoms with Gasteiger partial charge in [0.1, 0.15) is 0 Å². The molecule has 1 rings (SSSR count). The lowest BCUT2D eigenvalue weighted by atomic mass is 9.71. The van der Waals surface area contributed by atoms with Gasteiger partial charge >= 0.3 is 0 Å². The molecule has 0 heterocycles. The Morgan fingerprint density at radius 3 is 2.62 bits per heavy atom. The average Bonchev–Trinajstić information content (AvgIpc) is 2.26. The van der Waals surface area contributed by atoms with Crippen molar-refractivity contribution in [2.75, 3.05) is 12.5 Å². The van der Waals surface area contributed by atoms with Crippen LogP contribution in [0.3, 0.4) is 0 Å². The summed E-state index contributed by atoms with van der Waals surface area (Å²) in [6, 6.07) is 0. The van der Waals surface area contributed by atoms with Gasteiger partial charge in [-0.3, -0.25) is 4.79 Å². The van der Waals surface area contributed by atoms with E-state index in [0.717, 1.165) is 31.3 Å².